The molecule has 31 heavy (non-hydrogen) atoms. The molecular formula is C26H33ClN2O2. The predicted molar refractivity (Wildman–Crippen MR) is 127 cm³/mol. The fourth-order valence-corrected chi connectivity index (χ4v) is 5.19. The number of ether oxygens (including phenoxy) is 1. The Hall–Kier alpha value is -2.04. The van der Waals surface area contributed by atoms with Gasteiger partial charge in [0.2, 0.25) is 5.91 Å². The van der Waals surface area contributed by atoms with Crippen molar-refractivity contribution in [2.24, 2.45) is 5.92 Å². The Morgan fingerprint density at radius 1 is 1.10 bits per heavy atom. The molecule has 0 aromatic heterocycles. The molecule has 4 rings (SSSR count). The molecule has 1 saturated carbocycles. The number of carbonyl (C=O) groups excluding carboxylic acids is 1. The third-order valence-corrected chi connectivity index (χ3v) is 7.07. The number of nitrogens with zero attached hydrogens (tertiary/aromatic N) is 1. The Kier molecular flexibility index (Phi) is 7.19. The Balaban J connectivity index is 1.33. The molecule has 2 aromatic rings. The van der Waals surface area contributed by atoms with E-state index in [0.29, 0.717) is 11.6 Å². The summed E-state index contributed by atoms with van der Waals surface area (Å²) in [7, 11) is 0. The van der Waals surface area contributed by atoms with Crippen LogP contribution in [0.5, 0.6) is 5.75 Å². The van der Waals surface area contributed by atoms with Gasteiger partial charge < -0.3 is 10.1 Å². The molecular weight excluding hydrogens is 408 g/mol. The van der Waals surface area contributed by atoms with Gasteiger partial charge in [0.05, 0.1) is 5.41 Å². The molecule has 0 spiro atoms. The van der Waals surface area contributed by atoms with Gasteiger partial charge in [0.15, 0.2) is 0 Å². The highest BCUT2D eigenvalue weighted by atomic mass is 35.5. The van der Waals surface area contributed by atoms with E-state index in [1.54, 1.807) is 0 Å². The van der Waals surface area contributed by atoms with Crippen molar-refractivity contribution in [3.8, 4) is 5.75 Å². The molecule has 1 N–H and O–H groups in total. The highest BCUT2D eigenvalue weighted by Crippen LogP contribution is 2.42. The molecule has 2 fully saturated rings. The monoisotopic (exact) mass is 440 g/mol. The summed E-state index contributed by atoms with van der Waals surface area (Å²) in [5, 5.41) is 3.84. The number of hydrogen-bond acceptors (Lipinski definition) is 3. The van der Waals surface area contributed by atoms with E-state index in [0.717, 1.165) is 55.1 Å². The van der Waals surface area contributed by atoms with Gasteiger partial charge >= 0.3 is 0 Å². The van der Waals surface area contributed by atoms with Crippen LogP contribution in [0.2, 0.25) is 5.02 Å². The van der Waals surface area contributed by atoms with Crippen molar-refractivity contribution in [1.82, 2.24) is 4.90 Å². The molecule has 0 unspecified atom stereocenters. The van der Waals surface area contributed by atoms with Crippen molar-refractivity contribution in [2.75, 3.05) is 31.6 Å². The van der Waals surface area contributed by atoms with Gasteiger partial charge in [0, 0.05) is 23.8 Å². The fourth-order valence-electron chi connectivity index (χ4n) is 5.06. The molecule has 0 bridgehead atoms. The van der Waals surface area contributed by atoms with Crippen LogP contribution in [0.15, 0.2) is 48.5 Å². The van der Waals surface area contributed by atoms with E-state index < -0.39 is 5.41 Å². The lowest BCUT2D eigenvalue weighted by Crippen LogP contribution is -2.38. The Labute approximate surface area is 190 Å². The van der Waals surface area contributed by atoms with Gasteiger partial charge in [0.1, 0.15) is 12.4 Å². The summed E-state index contributed by atoms with van der Waals surface area (Å²) >= 11 is 6.06. The second kappa shape index (κ2) is 10.1. The number of amides is 1. The summed E-state index contributed by atoms with van der Waals surface area (Å²) in [6, 6.07) is 15.5. The van der Waals surface area contributed by atoms with Crippen molar-refractivity contribution in [2.45, 2.75) is 50.9 Å². The molecule has 166 valence electrons. The minimum absolute atomic E-state index is 0.0696. The zero-order valence-electron chi connectivity index (χ0n) is 18.4. The summed E-state index contributed by atoms with van der Waals surface area (Å²) in [5.74, 6) is 1.70. The van der Waals surface area contributed by atoms with Crippen LogP contribution < -0.4 is 10.1 Å². The van der Waals surface area contributed by atoms with Crippen molar-refractivity contribution in [3.63, 3.8) is 0 Å². The smallest absolute Gasteiger partial charge is 0.235 e. The quantitative estimate of drug-likeness (QED) is 0.582. The van der Waals surface area contributed by atoms with Crippen molar-refractivity contribution in [3.05, 3.63) is 59.1 Å². The van der Waals surface area contributed by atoms with Crippen LogP contribution in [-0.4, -0.2) is 37.0 Å². The number of piperidine rings is 1. The number of carbonyl (C=O) groups is 1. The van der Waals surface area contributed by atoms with Gasteiger partial charge in [-0.25, -0.2) is 0 Å². The third-order valence-electron chi connectivity index (χ3n) is 6.82. The van der Waals surface area contributed by atoms with Crippen molar-refractivity contribution >= 4 is 23.2 Å². The van der Waals surface area contributed by atoms with E-state index in [1.807, 2.05) is 48.5 Å². The van der Waals surface area contributed by atoms with Crippen LogP contribution in [0.4, 0.5) is 5.69 Å². The highest BCUT2D eigenvalue weighted by Gasteiger charge is 2.42. The fraction of sp³-hybridized carbons (Fsp3) is 0.500. The predicted octanol–water partition coefficient (Wildman–Crippen LogP) is 5.90. The second-order valence-corrected chi connectivity index (χ2v) is 9.61. The van der Waals surface area contributed by atoms with E-state index in [9.17, 15) is 4.79 Å². The first-order valence-corrected chi connectivity index (χ1v) is 12.0. The van der Waals surface area contributed by atoms with Crippen LogP contribution in [0, 0.1) is 5.92 Å². The van der Waals surface area contributed by atoms with Gasteiger partial charge in [-0.3, -0.25) is 9.69 Å². The van der Waals surface area contributed by atoms with Crippen molar-refractivity contribution in [1.29, 1.82) is 0 Å². The molecule has 1 atom stereocenters. The first kappa shape index (κ1) is 22.2. The minimum Gasteiger partial charge on any atom is -0.492 e. The van der Waals surface area contributed by atoms with Gasteiger partial charge in [-0.1, -0.05) is 43.5 Å². The van der Waals surface area contributed by atoms with Crippen LogP contribution in [0.25, 0.3) is 0 Å². The zero-order valence-corrected chi connectivity index (χ0v) is 19.2. The van der Waals surface area contributed by atoms with Crippen LogP contribution in [-0.2, 0) is 10.2 Å². The lowest BCUT2D eigenvalue weighted by molar-refractivity contribution is -0.121. The molecule has 1 saturated heterocycles. The molecule has 0 radical (unpaired) electrons. The molecule has 1 aliphatic carbocycles. The van der Waals surface area contributed by atoms with Gasteiger partial charge in [-0.05, 0) is 80.1 Å². The number of anilines is 1. The molecule has 1 amide bonds. The van der Waals surface area contributed by atoms with Gasteiger partial charge in [-0.2, -0.15) is 0 Å². The van der Waals surface area contributed by atoms with Crippen LogP contribution in [0.1, 0.15) is 51.0 Å². The topological polar surface area (TPSA) is 41.6 Å². The molecule has 1 aliphatic heterocycles. The number of hydrogen-bond donors (Lipinski definition) is 1. The Morgan fingerprint density at radius 2 is 1.81 bits per heavy atom. The zero-order chi connectivity index (χ0) is 21.7. The van der Waals surface area contributed by atoms with E-state index in [4.69, 9.17) is 16.3 Å². The SMILES string of the molecule is C[C@H]1CCCN(CCOc2ccc(NC(=O)C3(c4ccc(Cl)cc4)CCCC3)cc2)C1. The normalized spacial score (nSPS) is 21.0. The van der Waals surface area contributed by atoms with Gasteiger partial charge in [0.25, 0.3) is 0 Å². The maximum atomic E-state index is 13.3. The van der Waals surface area contributed by atoms with E-state index in [1.165, 1.54) is 25.9 Å². The third kappa shape index (κ3) is 5.42. The van der Waals surface area contributed by atoms with Crippen LogP contribution in [0.3, 0.4) is 0 Å². The van der Waals surface area contributed by atoms with E-state index >= 15 is 0 Å². The average molecular weight is 441 g/mol. The Bertz CT molecular complexity index is 860. The highest BCUT2D eigenvalue weighted by molar-refractivity contribution is 6.30. The number of benzene rings is 2. The minimum atomic E-state index is -0.467. The number of rotatable bonds is 7. The Morgan fingerprint density at radius 3 is 2.48 bits per heavy atom. The molecule has 2 aromatic carbocycles. The van der Waals surface area contributed by atoms with E-state index in [-0.39, 0.29) is 5.91 Å². The number of nitrogens with one attached hydrogen (secondary N) is 1. The lowest BCUT2D eigenvalue weighted by Gasteiger charge is -2.30. The first-order chi connectivity index (χ1) is 15.0. The van der Waals surface area contributed by atoms with Crippen LogP contribution >= 0.6 is 11.6 Å². The molecule has 5 heteroatoms. The van der Waals surface area contributed by atoms with Crippen molar-refractivity contribution < 1.29 is 9.53 Å². The first-order valence-electron chi connectivity index (χ1n) is 11.6. The summed E-state index contributed by atoms with van der Waals surface area (Å²) in [6.07, 6.45) is 6.50. The second-order valence-electron chi connectivity index (χ2n) is 9.17. The maximum Gasteiger partial charge on any atom is 0.235 e. The number of halogens is 1. The lowest BCUT2D eigenvalue weighted by atomic mass is 9.78. The summed E-state index contributed by atoms with van der Waals surface area (Å²) in [4.78, 5) is 15.8. The van der Waals surface area contributed by atoms with Gasteiger partial charge in [-0.15, -0.1) is 0 Å². The molecule has 1 heterocycles. The summed E-state index contributed by atoms with van der Waals surface area (Å²) < 4.78 is 5.94. The molecule has 2 aliphatic rings. The standard InChI is InChI=1S/C26H33ClN2O2/c1-20-5-4-16-29(19-20)17-18-31-24-12-10-23(11-13-24)28-25(30)26(14-2-3-15-26)21-6-8-22(27)9-7-21/h6-13,20H,2-5,14-19H2,1H3,(H,28,30)/t20-/m0/s1. The number of likely N-dealkylation sites (tertiary alicyclic amines) is 1. The summed E-state index contributed by atoms with van der Waals surface area (Å²) in [5.41, 5.74) is 1.40. The molecule has 4 nitrogen and oxygen atoms in total. The average Bonchev–Trinajstić information content (AvgIpc) is 3.27. The largest absolute Gasteiger partial charge is 0.492 e. The summed E-state index contributed by atoms with van der Waals surface area (Å²) in [6.45, 7) is 6.32. The maximum absolute atomic E-state index is 13.3. The van der Waals surface area contributed by atoms with E-state index in [2.05, 4.69) is 17.1 Å².